The molecule has 6 rings (SSSR count). The summed E-state index contributed by atoms with van der Waals surface area (Å²) in [6.07, 6.45) is 7.30. The molecule has 1 fully saturated rings. The zero-order valence-electron chi connectivity index (χ0n) is 19.4. The number of pyridine rings is 1. The van der Waals surface area contributed by atoms with E-state index in [0.29, 0.717) is 18.4 Å². The van der Waals surface area contributed by atoms with Gasteiger partial charge in [-0.2, -0.15) is 4.39 Å². The molecule has 2 aromatic heterocycles. The molecule has 0 saturated heterocycles. The number of carbonyl (C=O) groups is 1. The van der Waals surface area contributed by atoms with E-state index in [1.807, 2.05) is 24.4 Å². The molecular formula is C26H23F2N3O4S. The summed E-state index contributed by atoms with van der Waals surface area (Å²) in [5.74, 6) is -3.44. The fraction of sp³-hybridized carbons (Fsp3) is 0.308. The minimum absolute atomic E-state index is 0.0114. The van der Waals surface area contributed by atoms with Crippen molar-refractivity contribution in [1.29, 1.82) is 0 Å². The Morgan fingerprint density at radius 2 is 1.94 bits per heavy atom. The summed E-state index contributed by atoms with van der Waals surface area (Å²) >= 11 is 1.50. The van der Waals surface area contributed by atoms with E-state index in [0.717, 1.165) is 22.9 Å². The normalized spacial score (nSPS) is 21.2. The van der Waals surface area contributed by atoms with Gasteiger partial charge in [-0.05, 0) is 61.4 Å². The molecular weight excluding hydrogens is 488 g/mol. The van der Waals surface area contributed by atoms with E-state index in [4.69, 9.17) is 4.74 Å². The van der Waals surface area contributed by atoms with Gasteiger partial charge in [0.25, 0.3) is 5.91 Å². The van der Waals surface area contributed by atoms with Crippen LogP contribution < -0.4 is 15.2 Å². The Kier molecular flexibility index (Phi) is 5.18. The summed E-state index contributed by atoms with van der Waals surface area (Å²) in [5.41, 5.74) is -0.290. The standard InChI is InChI=1S/C26H23F2N3O4S/c1-15-16(7-13-36-15)21-17-4-5-18(27)20(28)24(17)35-12-3-10-26(8-2-9-26)29-14-31(21)30-11-6-19(32)23(33)22(30)25(29)34/h3-7,10-11,13,21,33H,2,8-9,12,14H2,1H3/b10-3+/t21-/m1/s1. The Balaban J connectivity index is 1.68. The summed E-state index contributed by atoms with van der Waals surface area (Å²) in [5, 5.41) is 14.5. The number of aromatic nitrogens is 1. The van der Waals surface area contributed by atoms with E-state index in [1.54, 1.807) is 16.0 Å². The van der Waals surface area contributed by atoms with Crippen molar-refractivity contribution in [2.24, 2.45) is 0 Å². The second kappa shape index (κ2) is 8.19. The molecule has 1 amide bonds. The van der Waals surface area contributed by atoms with Crippen LogP contribution in [0, 0.1) is 18.6 Å². The van der Waals surface area contributed by atoms with E-state index < -0.39 is 40.3 Å². The van der Waals surface area contributed by atoms with Gasteiger partial charge in [0.15, 0.2) is 23.0 Å². The third-order valence-corrected chi connectivity index (χ3v) is 8.30. The molecule has 3 aromatic rings. The highest BCUT2D eigenvalue weighted by atomic mass is 32.1. The second-order valence-electron chi connectivity index (χ2n) is 9.32. The molecule has 2 aliphatic heterocycles. The first-order valence-electron chi connectivity index (χ1n) is 11.7. The van der Waals surface area contributed by atoms with Crippen molar-refractivity contribution in [1.82, 2.24) is 9.58 Å². The van der Waals surface area contributed by atoms with E-state index in [2.05, 4.69) is 0 Å². The fourth-order valence-electron chi connectivity index (χ4n) is 5.43. The molecule has 186 valence electrons. The molecule has 1 aliphatic carbocycles. The van der Waals surface area contributed by atoms with Crippen molar-refractivity contribution in [3.63, 3.8) is 0 Å². The predicted molar refractivity (Wildman–Crippen MR) is 130 cm³/mol. The van der Waals surface area contributed by atoms with Crippen LogP contribution in [0.25, 0.3) is 0 Å². The molecule has 3 aliphatic rings. The number of hydrogen-bond acceptors (Lipinski definition) is 6. The highest BCUT2D eigenvalue weighted by molar-refractivity contribution is 7.10. The summed E-state index contributed by atoms with van der Waals surface area (Å²) in [4.78, 5) is 28.8. The first-order chi connectivity index (χ1) is 17.3. The van der Waals surface area contributed by atoms with E-state index in [1.165, 1.54) is 34.3 Å². The van der Waals surface area contributed by atoms with Crippen LogP contribution in [-0.2, 0) is 0 Å². The van der Waals surface area contributed by atoms with Crippen LogP contribution in [0.4, 0.5) is 8.78 Å². The third-order valence-electron chi connectivity index (χ3n) is 7.44. The molecule has 36 heavy (non-hydrogen) atoms. The Morgan fingerprint density at radius 1 is 1.14 bits per heavy atom. The van der Waals surface area contributed by atoms with Gasteiger partial charge in [0.05, 0.1) is 5.54 Å². The molecule has 2 bridgehead atoms. The van der Waals surface area contributed by atoms with Crippen LogP contribution in [0.2, 0.25) is 0 Å². The minimum Gasteiger partial charge on any atom is -0.502 e. The molecule has 1 N–H and O–H groups in total. The maximum atomic E-state index is 15.2. The van der Waals surface area contributed by atoms with Crippen LogP contribution in [0.15, 0.2) is 52.8 Å². The van der Waals surface area contributed by atoms with E-state index in [9.17, 15) is 19.1 Å². The van der Waals surface area contributed by atoms with Crippen molar-refractivity contribution < 1.29 is 23.4 Å². The largest absolute Gasteiger partial charge is 0.502 e. The van der Waals surface area contributed by atoms with Crippen molar-refractivity contribution in [3.8, 4) is 11.5 Å². The molecule has 1 spiro atoms. The Hall–Kier alpha value is -3.66. The number of ether oxygens (including phenoxy) is 1. The van der Waals surface area contributed by atoms with Crippen LogP contribution in [-0.4, -0.2) is 39.4 Å². The highest BCUT2D eigenvalue weighted by Gasteiger charge is 2.49. The summed E-state index contributed by atoms with van der Waals surface area (Å²) < 4.78 is 36.8. The summed E-state index contributed by atoms with van der Waals surface area (Å²) in [7, 11) is 0. The number of aryl methyl sites for hydroxylation is 1. The second-order valence-corrected chi connectivity index (χ2v) is 10.4. The lowest BCUT2D eigenvalue weighted by Crippen LogP contribution is -2.64. The average molecular weight is 512 g/mol. The highest BCUT2D eigenvalue weighted by Crippen LogP contribution is 2.45. The minimum atomic E-state index is -1.09. The molecule has 4 heterocycles. The number of halogens is 2. The monoisotopic (exact) mass is 511 g/mol. The number of thiophene rings is 1. The van der Waals surface area contributed by atoms with Gasteiger partial charge in [0.2, 0.25) is 11.2 Å². The van der Waals surface area contributed by atoms with Crippen molar-refractivity contribution in [2.45, 2.75) is 37.8 Å². The lowest BCUT2D eigenvalue weighted by Gasteiger charge is -2.53. The topological polar surface area (TPSA) is 75.0 Å². The van der Waals surface area contributed by atoms with Gasteiger partial charge in [0, 0.05) is 22.7 Å². The number of hydrogen-bond donors (Lipinski definition) is 1. The zero-order valence-corrected chi connectivity index (χ0v) is 20.2. The zero-order chi connectivity index (χ0) is 25.2. The van der Waals surface area contributed by atoms with E-state index in [-0.39, 0.29) is 24.7 Å². The maximum Gasteiger partial charge on any atom is 0.278 e. The van der Waals surface area contributed by atoms with Crippen molar-refractivity contribution in [2.75, 3.05) is 18.3 Å². The van der Waals surface area contributed by atoms with Gasteiger partial charge in [-0.3, -0.25) is 19.3 Å². The lowest BCUT2D eigenvalue weighted by atomic mass is 9.74. The number of benzene rings is 1. The molecule has 1 aromatic carbocycles. The molecule has 1 saturated carbocycles. The van der Waals surface area contributed by atoms with Crippen molar-refractivity contribution >= 4 is 17.2 Å². The fourth-order valence-corrected chi connectivity index (χ4v) is 6.16. The Bertz CT molecular complexity index is 1480. The first kappa shape index (κ1) is 22.8. The van der Waals surface area contributed by atoms with Gasteiger partial charge < -0.3 is 14.7 Å². The van der Waals surface area contributed by atoms with Gasteiger partial charge in [0.1, 0.15) is 19.3 Å². The number of fused-ring (bicyclic) bond motifs is 6. The SMILES string of the molecule is Cc1sccc1[C@@H]1c2ccc(F)c(F)c2OC/C=C/C2(CCC2)N2CN1n1ccc(=O)c(O)c1C2=O. The number of amides is 1. The van der Waals surface area contributed by atoms with Gasteiger partial charge in [-0.25, -0.2) is 4.39 Å². The first-order valence-corrected chi connectivity index (χ1v) is 12.6. The lowest BCUT2D eigenvalue weighted by molar-refractivity contribution is 0.0255. The third kappa shape index (κ3) is 3.20. The van der Waals surface area contributed by atoms with Crippen LogP contribution in [0.3, 0.4) is 0 Å². The van der Waals surface area contributed by atoms with Crippen LogP contribution >= 0.6 is 11.3 Å². The smallest absolute Gasteiger partial charge is 0.278 e. The summed E-state index contributed by atoms with van der Waals surface area (Å²) in [6, 6.07) is 4.92. The summed E-state index contributed by atoms with van der Waals surface area (Å²) in [6.45, 7) is 2.01. The Morgan fingerprint density at radius 3 is 2.64 bits per heavy atom. The maximum absolute atomic E-state index is 15.2. The predicted octanol–water partition coefficient (Wildman–Crippen LogP) is 4.21. The van der Waals surface area contributed by atoms with Gasteiger partial charge >= 0.3 is 0 Å². The van der Waals surface area contributed by atoms with Gasteiger partial charge in [-0.15, -0.1) is 11.3 Å². The average Bonchev–Trinajstić information content (AvgIpc) is 3.24. The molecule has 1 atom stereocenters. The van der Waals surface area contributed by atoms with Crippen molar-refractivity contribution in [3.05, 3.63) is 91.6 Å². The van der Waals surface area contributed by atoms with Crippen LogP contribution in [0.1, 0.15) is 51.8 Å². The number of nitrogens with zero attached hydrogens (tertiary/aromatic N) is 3. The molecule has 10 heteroatoms. The number of carbonyl (C=O) groups excluding carboxylic acids is 1. The Labute approximate surface area is 209 Å². The van der Waals surface area contributed by atoms with Crippen LogP contribution in [0.5, 0.6) is 11.5 Å². The molecule has 0 unspecified atom stereocenters. The number of rotatable bonds is 1. The van der Waals surface area contributed by atoms with Gasteiger partial charge in [-0.1, -0.05) is 6.08 Å². The van der Waals surface area contributed by atoms with E-state index >= 15 is 4.39 Å². The number of aromatic hydroxyl groups is 1. The molecule has 0 radical (unpaired) electrons. The quantitative estimate of drug-likeness (QED) is 0.496. The molecule has 7 nitrogen and oxygen atoms in total.